The highest BCUT2D eigenvalue weighted by Crippen LogP contribution is 2.24. The number of nitrogens with zero attached hydrogens (tertiary/aromatic N) is 3. The lowest BCUT2D eigenvalue weighted by atomic mass is 9.90. The number of carbonyl (C=O) groups excluding carboxylic acids is 2. The van der Waals surface area contributed by atoms with E-state index in [2.05, 4.69) is 15.3 Å². The molecule has 1 aromatic heterocycles. The number of benzene rings is 1. The molecule has 3 heterocycles. The van der Waals surface area contributed by atoms with Crippen molar-refractivity contribution < 1.29 is 14.3 Å². The summed E-state index contributed by atoms with van der Waals surface area (Å²) in [4.78, 5) is 36.2. The number of piperidine rings is 1. The fourth-order valence-corrected chi connectivity index (χ4v) is 4.52. The molecule has 2 fully saturated rings. The van der Waals surface area contributed by atoms with Gasteiger partial charge in [-0.25, -0.2) is 9.97 Å². The molecule has 2 aliphatic heterocycles. The molecule has 1 N–H and O–H groups in total. The van der Waals surface area contributed by atoms with Crippen LogP contribution in [-0.2, 0) is 22.5 Å². The number of ether oxygens (including phenoxy) is 1. The molecule has 2 aliphatic rings. The van der Waals surface area contributed by atoms with Crippen molar-refractivity contribution in [3.05, 3.63) is 59.2 Å². The van der Waals surface area contributed by atoms with Gasteiger partial charge in [0.05, 0.1) is 23.8 Å². The topological polar surface area (TPSA) is 84.4 Å². The summed E-state index contributed by atoms with van der Waals surface area (Å²) < 4.78 is 5.61. The summed E-state index contributed by atoms with van der Waals surface area (Å²) >= 11 is 0. The van der Waals surface area contributed by atoms with Gasteiger partial charge < -0.3 is 15.0 Å². The molecular formula is C25H32N4O3. The zero-order chi connectivity index (χ0) is 22.3. The highest BCUT2D eigenvalue weighted by atomic mass is 16.5. The van der Waals surface area contributed by atoms with Crippen LogP contribution in [0.2, 0.25) is 0 Å². The Morgan fingerprint density at radius 2 is 1.94 bits per heavy atom. The van der Waals surface area contributed by atoms with Gasteiger partial charge in [0.15, 0.2) is 0 Å². The molecule has 2 amide bonds. The Morgan fingerprint density at radius 1 is 1.16 bits per heavy atom. The highest BCUT2D eigenvalue weighted by Gasteiger charge is 2.27. The molecule has 1 atom stereocenters. The summed E-state index contributed by atoms with van der Waals surface area (Å²) in [5.41, 5.74) is 2.39. The van der Waals surface area contributed by atoms with E-state index >= 15 is 0 Å². The second-order valence-electron chi connectivity index (χ2n) is 8.81. The number of amides is 2. The van der Waals surface area contributed by atoms with Gasteiger partial charge in [0.2, 0.25) is 5.91 Å². The van der Waals surface area contributed by atoms with Crippen LogP contribution in [0.3, 0.4) is 0 Å². The molecule has 1 aromatic carbocycles. The third kappa shape index (κ3) is 5.91. The van der Waals surface area contributed by atoms with Crippen molar-refractivity contribution in [2.24, 2.45) is 5.92 Å². The number of rotatable bonds is 7. The van der Waals surface area contributed by atoms with Crippen molar-refractivity contribution in [1.82, 2.24) is 20.2 Å². The molecule has 0 spiro atoms. The Morgan fingerprint density at radius 3 is 2.66 bits per heavy atom. The molecule has 4 rings (SSSR count). The quantitative estimate of drug-likeness (QED) is 0.721. The monoisotopic (exact) mass is 436 g/mol. The normalized spacial score (nSPS) is 19.2. The maximum absolute atomic E-state index is 12.8. The van der Waals surface area contributed by atoms with Gasteiger partial charge in [0.25, 0.3) is 5.91 Å². The van der Waals surface area contributed by atoms with E-state index in [-0.39, 0.29) is 17.9 Å². The zero-order valence-corrected chi connectivity index (χ0v) is 18.8. The molecule has 7 nitrogen and oxygen atoms in total. The average molecular weight is 437 g/mol. The van der Waals surface area contributed by atoms with Crippen LogP contribution in [0.1, 0.15) is 59.5 Å². The van der Waals surface area contributed by atoms with Gasteiger partial charge in [-0.3, -0.25) is 9.59 Å². The van der Waals surface area contributed by atoms with Crippen LogP contribution in [0.15, 0.2) is 36.5 Å². The second kappa shape index (κ2) is 10.7. The first-order valence-electron chi connectivity index (χ1n) is 11.6. The van der Waals surface area contributed by atoms with E-state index in [1.807, 2.05) is 42.2 Å². The van der Waals surface area contributed by atoms with Gasteiger partial charge >= 0.3 is 0 Å². The largest absolute Gasteiger partial charge is 0.378 e. The van der Waals surface area contributed by atoms with E-state index < -0.39 is 0 Å². The molecule has 7 heteroatoms. The first-order valence-corrected chi connectivity index (χ1v) is 11.6. The van der Waals surface area contributed by atoms with Crippen molar-refractivity contribution in [2.45, 2.75) is 58.1 Å². The number of nitrogens with one attached hydrogen (secondary N) is 1. The maximum atomic E-state index is 12.8. The van der Waals surface area contributed by atoms with Crippen molar-refractivity contribution >= 4 is 11.8 Å². The van der Waals surface area contributed by atoms with Crippen LogP contribution in [0.4, 0.5) is 0 Å². The van der Waals surface area contributed by atoms with Crippen LogP contribution in [0.5, 0.6) is 0 Å². The third-order valence-electron chi connectivity index (χ3n) is 6.40. The Hall–Kier alpha value is -2.80. The van der Waals surface area contributed by atoms with Crippen LogP contribution >= 0.6 is 0 Å². The molecule has 0 bridgehead atoms. The smallest absolute Gasteiger partial charge is 0.254 e. The minimum atomic E-state index is -0.145. The van der Waals surface area contributed by atoms with Gasteiger partial charge in [0.1, 0.15) is 5.82 Å². The summed E-state index contributed by atoms with van der Waals surface area (Å²) in [5, 5.41) is 2.98. The molecule has 0 aliphatic carbocycles. The number of aromatic nitrogens is 2. The van der Waals surface area contributed by atoms with E-state index in [9.17, 15) is 9.59 Å². The minimum absolute atomic E-state index is 0.0983. The van der Waals surface area contributed by atoms with Crippen molar-refractivity contribution in [3.63, 3.8) is 0 Å². The van der Waals surface area contributed by atoms with E-state index in [1.54, 1.807) is 6.20 Å². The lowest BCUT2D eigenvalue weighted by Gasteiger charge is -2.32. The number of carbonyl (C=O) groups is 2. The summed E-state index contributed by atoms with van der Waals surface area (Å²) in [6.07, 6.45) is 6.85. The summed E-state index contributed by atoms with van der Waals surface area (Å²) in [7, 11) is 0. The predicted molar refractivity (Wildman–Crippen MR) is 121 cm³/mol. The number of hydrogen-bond acceptors (Lipinski definition) is 5. The van der Waals surface area contributed by atoms with E-state index in [4.69, 9.17) is 4.74 Å². The maximum Gasteiger partial charge on any atom is 0.254 e. The third-order valence-corrected chi connectivity index (χ3v) is 6.40. The average Bonchev–Trinajstić information content (AvgIpc) is 3.32. The first-order chi connectivity index (χ1) is 15.6. The standard InChI is InChI=1S/C25H32N4O3/c1-18-26-17-22(25(31)27-16-20-6-3-2-4-7-20)23(28-18)14-19-9-11-29(12-10-19)24(30)15-21-8-5-13-32-21/h2-4,6-7,17,19,21H,5,8-16H2,1H3,(H,27,31). The number of hydrogen-bond donors (Lipinski definition) is 1. The van der Waals surface area contributed by atoms with Gasteiger partial charge in [-0.15, -0.1) is 0 Å². The Kier molecular flexibility index (Phi) is 7.47. The van der Waals surface area contributed by atoms with Crippen LogP contribution in [0, 0.1) is 12.8 Å². The molecule has 1 unspecified atom stereocenters. The minimum Gasteiger partial charge on any atom is -0.378 e. The fraction of sp³-hybridized carbons (Fsp3) is 0.520. The number of aryl methyl sites for hydroxylation is 1. The van der Waals surface area contributed by atoms with E-state index in [1.165, 1.54) is 0 Å². The van der Waals surface area contributed by atoms with E-state index in [0.29, 0.717) is 30.3 Å². The fourth-order valence-electron chi connectivity index (χ4n) is 4.52. The predicted octanol–water partition coefficient (Wildman–Crippen LogP) is 3.07. The van der Waals surface area contributed by atoms with Gasteiger partial charge in [0, 0.05) is 32.4 Å². The zero-order valence-electron chi connectivity index (χ0n) is 18.8. The molecule has 0 radical (unpaired) electrons. The molecule has 0 saturated carbocycles. The summed E-state index contributed by atoms with van der Waals surface area (Å²) in [6.45, 7) is 4.62. The van der Waals surface area contributed by atoms with Crippen molar-refractivity contribution in [2.75, 3.05) is 19.7 Å². The molecule has 32 heavy (non-hydrogen) atoms. The van der Waals surface area contributed by atoms with Crippen LogP contribution in [0.25, 0.3) is 0 Å². The van der Waals surface area contributed by atoms with Crippen molar-refractivity contribution in [1.29, 1.82) is 0 Å². The SMILES string of the molecule is Cc1ncc(C(=O)NCc2ccccc2)c(CC2CCN(C(=O)CC3CCCO3)CC2)n1. The van der Waals surface area contributed by atoms with E-state index in [0.717, 1.165) is 63.1 Å². The molecule has 170 valence electrons. The lowest BCUT2D eigenvalue weighted by Crippen LogP contribution is -2.40. The highest BCUT2D eigenvalue weighted by molar-refractivity contribution is 5.94. The van der Waals surface area contributed by atoms with Crippen LogP contribution < -0.4 is 5.32 Å². The van der Waals surface area contributed by atoms with Gasteiger partial charge in [-0.05, 0) is 50.5 Å². The Bertz CT molecular complexity index is 920. The van der Waals surface area contributed by atoms with Gasteiger partial charge in [-0.1, -0.05) is 30.3 Å². The molecular weight excluding hydrogens is 404 g/mol. The summed E-state index contributed by atoms with van der Waals surface area (Å²) in [5.74, 6) is 1.13. The van der Waals surface area contributed by atoms with Crippen molar-refractivity contribution in [3.8, 4) is 0 Å². The number of likely N-dealkylation sites (tertiary alicyclic amines) is 1. The molecule has 2 saturated heterocycles. The molecule has 2 aromatic rings. The lowest BCUT2D eigenvalue weighted by molar-refractivity contribution is -0.134. The Labute approximate surface area is 189 Å². The first kappa shape index (κ1) is 22.4. The Balaban J connectivity index is 1.32. The summed E-state index contributed by atoms with van der Waals surface area (Å²) in [6, 6.07) is 9.85. The second-order valence-corrected chi connectivity index (χ2v) is 8.81. The van der Waals surface area contributed by atoms with Crippen LogP contribution in [-0.4, -0.2) is 52.5 Å². The van der Waals surface area contributed by atoms with Gasteiger partial charge in [-0.2, -0.15) is 0 Å².